The zero-order chi connectivity index (χ0) is 16.9. The minimum atomic E-state index is -4.10. The highest BCUT2D eigenvalue weighted by atomic mass is 19.4. The van der Waals surface area contributed by atoms with E-state index in [4.69, 9.17) is 0 Å². The van der Waals surface area contributed by atoms with Crippen molar-refractivity contribution in [2.24, 2.45) is 0 Å². The van der Waals surface area contributed by atoms with Crippen molar-refractivity contribution in [2.75, 3.05) is 40.3 Å². The number of halogens is 3. The van der Waals surface area contributed by atoms with Crippen molar-refractivity contribution >= 4 is 0 Å². The fourth-order valence-corrected chi connectivity index (χ4v) is 3.10. The summed E-state index contributed by atoms with van der Waals surface area (Å²) in [5.41, 5.74) is 1.22. The largest absolute Gasteiger partial charge is 0.401 e. The Bertz CT molecular complexity index is 454. The number of rotatable bonds is 6. The molecule has 0 aromatic heterocycles. The molecule has 1 saturated heterocycles. The van der Waals surface area contributed by atoms with Gasteiger partial charge in [-0.25, -0.2) is 0 Å². The summed E-state index contributed by atoms with van der Waals surface area (Å²) in [6.07, 6.45) is -2.59. The number of hydrogen-bond acceptors (Lipinski definition) is 3. The van der Waals surface area contributed by atoms with Crippen LogP contribution in [0.2, 0.25) is 0 Å². The zero-order valence-corrected chi connectivity index (χ0v) is 13.8. The molecular formula is C17H26F3N3. The van der Waals surface area contributed by atoms with Gasteiger partial charge in [0.25, 0.3) is 0 Å². The van der Waals surface area contributed by atoms with Gasteiger partial charge < -0.3 is 10.2 Å². The summed E-state index contributed by atoms with van der Waals surface area (Å²) in [5.74, 6) is 0. The average molecular weight is 329 g/mol. The van der Waals surface area contributed by atoms with Crippen LogP contribution in [0.25, 0.3) is 0 Å². The lowest BCUT2D eigenvalue weighted by molar-refractivity contribution is -0.148. The Balaban J connectivity index is 1.89. The van der Waals surface area contributed by atoms with Gasteiger partial charge in [0.2, 0.25) is 0 Å². The first kappa shape index (κ1) is 18.2. The van der Waals surface area contributed by atoms with E-state index in [9.17, 15) is 13.2 Å². The Labute approximate surface area is 136 Å². The number of hydrogen-bond donors (Lipinski definition) is 1. The van der Waals surface area contributed by atoms with Gasteiger partial charge in [-0.05, 0) is 45.6 Å². The number of nitrogens with zero attached hydrogens (tertiary/aromatic N) is 2. The molecule has 1 heterocycles. The van der Waals surface area contributed by atoms with Gasteiger partial charge in [0.15, 0.2) is 0 Å². The molecule has 0 aliphatic carbocycles. The summed E-state index contributed by atoms with van der Waals surface area (Å²) in [5, 5.41) is 3.64. The van der Waals surface area contributed by atoms with Crippen LogP contribution >= 0.6 is 0 Å². The van der Waals surface area contributed by atoms with Crippen molar-refractivity contribution in [2.45, 2.75) is 31.1 Å². The van der Waals surface area contributed by atoms with Crippen LogP contribution in [0.15, 0.2) is 30.3 Å². The predicted molar refractivity (Wildman–Crippen MR) is 86.4 cm³/mol. The molecule has 1 unspecified atom stereocenters. The Morgan fingerprint density at radius 3 is 2.30 bits per heavy atom. The third kappa shape index (κ3) is 6.49. The van der Waals surface area contributed by atoms with Crippen LogP contribution in [0.5, 0.6) is 0 Å². The molecule has 1 fully saturated rings. The van der Waals surface area contributed by atoms with Crippen LogP contribution in [0.1, 0.15) is 24.4 Å². The van der Waals surface area contributed by atoms with Gasteiger partial charge in [-0.2, -0.15) is 13.2 Å². The molecule has 1 N–H and O–H groups in total. The maximum absolute atomic E-state index is 12.4. The molecule has 1 aromatic carbocycles. The van der Waals surface area contributed by atoms with E-state index in [1.807, 2.05) is 32.3 Å². The molecule has 130 valence electrons. The summed E-state index contributed by atoms with van der Waals surface area (Å²) < 4.78 is 37.3. The lowest BCUT2D eigenvalue weighted by Crippen LogP contribution is -2.47. The first-order chi connectivity index (χ1) is 10.8. The number of likely N-dealkylation sites (N-methyl/N-ethyl adjacent to an activating group) is 1. The smallest absolute Gasteiger partial charge is 0.308 e. The van der Waals surface area contributed by atoms with Crippen LogP contribution in [0.3, 0.4) is 0 Å². The minimum Gasteiger partial charge on any atom is -0.308 e. The number of likely N-dealkylation sites (tertiary alicyclic amines) is 1. The van der Waals surface area contributed by atoms with Crippen LogP contribution in [-0.4, -0.2) is 62.3 Å². The third-order valence-electron chi connectivity index (χ3n) is 4.18. The first-order valence-corrected chi connectivity index (χ1v) is 8.08. The highest BCUT2D eigenvalue weighted by Crippen LogP contribution is 2.22. The van der Waals surface area contributed by atoms with Crippen molar-refractivity contribution < 1.29 is 13.2 Å². The maximum atomic E-state index is 12.4. The Morgan fingerprint density at radius 2 is 1.78 bits per heavy atom. The van der Waals surface area contributed by atoms with E-state index in [2.05, 4.69) is 22.3 Å². The number of piperidine rings is 1. The minimum absolute atomic E-state index is 0.199. The average Bonchev–Trinajstić information content (AvgIpc) is 2.47. The summed E-state index contributed by atoms with van der Waals surface area (Å²) >= 11 is 0. The monoisotopic (exact) mass is 329 g/mol. The predicted octanol–water partition coefficient (Wildman–Crippen LogP) is 2.91. The van der Waals surface area contributed by atoms with E-state index < -0.39 is 12.7 Å². The molecule has 3 nitrogen and oxygen atoms in total. The van der Waals surface area contributed by atoms with Crippen LogP contribution in [0, 0.1) is 0 Å². The van der Waals surface area contributed by atoms with E-state index in [0.29, 0.717) is 13.1 Å². The SMILES string of the molecule is CN(C)CC(NC1CCN(CC(F)(F)F)CC1)c1ccccc1. The molecule has 1 aromatic rings. The highest BCUT2D eigenvalue weighted by Gasteiger charge is 2.32. The van der Waals surface area contributed by atoms with Gasteiger partial charge in [-0.1, -0.05) is 30.3 Å². The van der Waals surface area contributed by atoms with Gasteiger partial charge in [0, 0.05) is 18.6 Å². The first-order valence-electron chi connectivity index (χ1n) is 8.08. The topological polar surface area (TPSA) is 18.5 Å². The summed E-state index contributed by atoms with van der Waals surface area (Å²) in [6, 6.07) is 10.7. The molecule has 0 spiro atoms. The molecule has 0 bridgehead atoms. The van der Waals surface area contributed by atoms with Crippen molar-refractivity contribution in [1.82, 2.24) is 15.1 Å². The second kappa shape index (κ2) is 8.13. The summed E-state index contributed by atoms with van der Waals surface area (Å²) in [6.45, 7) is 1.08. The lowest BCUT2D eigenvalue weighted by Gasteiger charge is -2.35. The van der Waals surface area contributed by atoms with Gasteiger partial charge in [-0.15, -0.1) is 0 Å². The van der Waals surface area contributed by atoms with Gasteiger partial charge >= 0.3 is 6.18 Å². The number of alkyl halides is 3. The second-order valence-corrected chi connectivity index (χ2v) is 6.56. The van der Waals surface area contributed by atoms with Crippen molar-refractivity contribution in [3.63, 3.8) is 0 Å². The van der Waals surface area contributed by atoms with Crippen molar-refractivity contribution in [1.29, 1.82) is 0 Å². The van der Waals surface area contributed by atoms with E-state index >= 15 is 0 Å². The normalized spacial score (nSPS) is 19.2. The zero-order valence-electron chi connectivity index (χ0n) is 13.8. The fraction of sp³-hybridized carbons (Fsp3) is 0.647. The van der Waals surface area contributed by atoms with Crippen LogP contribution in [0.4, 0.5) is 13.2 Å². The van der Waals surface area contributed by atoms with Gasteiger partial charge in [-0.3, -0.25) is 4.90 Å². The standard InChI is InChI=1S/C17H26F3N3/c1-22(2)12-16(14-6-4-3-5-7-14)21-15-8-10-23(11-9-15)13-17(18,19)20/h3-7,15-16,21H,8-13H2,1-2H3. The van der Waals surface area contributed by atoms with E-state index in [-0.39, 0.29) is 12.1 Å². The molecule has 1 aliphatic heterocycles. The lowest BCUT2D eigenvalue weighted by atomic mass is 10.0. The number of nitrogens with one attached hydrogen (secondary N) is 1. The fourth-order valence-electron chi connectivity index (χ4n) is 3.10. The van der Waals surface area contributed by atoms with Crippen molar-refractivity contribution in [3.8, 4) is 0 Å². The Morgan fingerprint density at radius 1 is 1.17 bits per heavy atom. The molecule has 0 saturated carbocycles. The molecule has 23 heavy (non-hydrogen) atoms. The van der Waals surface area contributed by atoms with Gasteiger partial charge in [0.05, 0.1) is 6.54 Å². The molecule has 1 atom stereocenters. The molecule has 0 radical (unpaired) electrons. The summed E-state index contributed by atoms with van der Waals surface area (Å²) in [7, 11) is 4.06. The maximum Gasteiger partial charge on any atom is 0.401 e. The van der Waals surface area contributed by atoms with Crippen molar-refractivity contribution in [3.05, 3.63) is 35.9 Å². The third-order valence-corrected chi connectivity index (χ3v) is 4.18. The van der Waals surface area contributed by atoms with Crippen LogP contribution in [-0.2, 0) is 0 Å². The van der Waals surface area contributed by atoms with E-state index in [1.165, 1.54) is 10.5 Å². The van der Waals surface area contributed by atoms with E-state index in [0.717, 1.165) is 19.4 Å². The highest BCUT2D eigenvalue weighted by molar-refractivity contribution is 5.19. The molecule has 2 rings (SSSR count). The van der Waals surface area contributed by atoms with E-state index in [1.54, 1.807) is 0 Å². The molecule has 6 heteroatoms. The van der Waals surface area contributed by atoms with Gasteiger partial charge in [0.1, 0.15) is 0 Å². The summed E-state index contributed by atoms with van der Waals surface area (Å²) in [4.78, 5) is 3.63. The Kier molecular flexibility index (Phi) is 6.44. The molecule has 0 amide bonds. The quantitative estimate of drug-likeness (QED) is 0.866. The van der Waals surface area contributed by atoms with Crippen LogP contribution < -0.4 is 5.32 Å². The Hall–Kier alpha value is -1.11. The molecular weight excluding hydrogens is 303 g/mol. The number of benzene rings is 1. The molecule has 1 aliphatic rings. The second-order valence-electron chi connectivity index (χ2n) is 6.56.